The van der Waals surface area contributed by atoms with E-state index in [-0.39, 0.29) is 5.92 Å². The van der Waals surface area contributed by atoms with Crippen molar-refractivity contribution in [3.63, 3.8) is 0 Å². The minimum absolute atomic E-state index is 0.00642. The van der Waals surface area contributed by atoms with Gasteiger partial charge >= 0.3 is 7.60 Å². The van der Waals surface area contributed by atoms with Crippen molar-refractivity contribution in [2.24, 2.45) is 0 Å². The summed E-state index contributed by atoms with van der Waals surface area (Å²) in [6.45, 7) is 0.487. The van der Waals surface area contributed by atoms with Crippen LogP contribution in [0.3, 0.4) is 0 Å². The van der Waals surface area contributed by atoms with Crippen LogP contribution in [0.1, 0.15) is 11.5 Å². The van der Waals surface area contributed by atoms with Crippen molar-refractivity contribution in [3.8, 4) is 0 Å². The van der Waals surface area contributed by atoms with Crippen molar-refractivity contribution in [1.82, 2.24) is 0 Å². The average molecular weight is 258 g/mol. The first-order valence-corrected chi connectivity index (χ1v) is 7.12. The summed E-state index contributed by atoms with van der Waals surface area (Å²) in [5, 5.41) is 0. The Morgan fingerprint density at radius 2 is 1.71 bits per heavy atom. The summed E-state index contributed by atoms with van der Waals surface area (Å²) in [7, 11) is 1.42. The van der Waals surface area contributed by atoms with E-state index in [1.165, 1.54) is 14.2 Å². The topological polar surface area (TPSA) is 44.8 Å². The van der Waals surface area contributed by atoms with Gasteiger partial charge in [-0.05, 0) is 5.56 Å². The normalized spacial score (nSPS) is 13.6. The molecular weight excluding hydrogens is 239 g/mol. The van der Waals surface area contributed by atoms with Crippen LogP contribution in [0, 0.1) is 0 Å². The van der Waals surface area contributed by atoms with Crippen LogP contribution in [0.4, 0.5) is 0 Å². The SMILES string of the molecule is COCC(CP(=O)(OC)OC)c1ccccc1. The van der Waals surface area contributed by atoms with E-state index >= 15 is 0 Å². The van der Waals surface area contributed by atoms with Crippen LogP contribution in [-0.4, -0.2) is 34.1 Å². The maximum Gasteiger partial charge on any atom is 0.330 e. The van der Waals surface area contributed by atoms with Crippen LogP contribution >= 0.6 is 7.60 Å². The zero-order chi connectivity index (χ0) is 12.7. The Morgan fingerprint density at radius 1 is 1.12 bits per heavy atom. The van der Waals surface area contributed by atoms with E-state index in [2.05, 4.69) is 0 Å². The molecule has 0 radical (unpaired) electrons. The lowest BCUT2D eigenvalue weighted by Gasteiger charge is -2.21. The molecule has 1 aromatic rings. The highest BCUT2D eigenvalue weighted by atomic mass is 31.2. The van der Waals surface area contributed by atoms with E-state index < -0.39 is 7.60 Å². The van der Waals surface area contributed by atoms with E-state index in [1.54, 1.807) is 7.11 Å². The highest BCUT2D eigenvalue weighted by Crippen LogP contribution is 2.49. The van der Waals surface area contributed by atoms with Crippen molar-refractivity contribution in [1.29, 1.82) is 0 Å². The fourth-order valence-electron chi connectivity index (χ4n) is 1.67. The Kier molecular flexibility index (Phi) is 5.86. The predicted molar refractivity (Wildman–Crippen MR) is 67.6 cm³/mol. The second kappa shape index (κ2) is 6.92. The molecule has 1 unspecified atom stereocenters. The molecule has 1 atom stereocenters. The summed E-state index contributed by atoms with van der Waals surface area (Å²) >= 11 is 0. The monoisotopic (exact) mass is 258 g/mol. The highest BCUT2D eigenvalue weighted by molar-refractivity contribution is 7.53. The number of rotatable bonds is 7. The smallest absolute Gasteiger partial charge is 0.330 e. The number of methoxy groups -OCH3 is 1. The fourth-order valence-corrected chi connectivity index (χ4v) is 2.98. The van der Waals surface area contributed by atoms with Crippen LogP contribution < -0.4 is 0 Å². The molecule has 0 aliphatic rings. The van der Waals surface area contributed by atoms with Crippen LogP contribution in [0.15, 0.2) is 30.3 Å². The summed E-state index contributed by atoms with van der Waals surface area (Å²) < 4.78 is 27.2. The maximum atomic E-state index is 12.1. The molecule has 0 spiro atoms. The van der Waals surface area contributed by atoms with Gasteiger partial charge in [0.2, 0.25) is 0 Å². The largest absolute Gasteiger partial charge is 0.384 e. The summed E-state index contributed by atoms with van der Waals surface area (Å²) in [5.74, 6) is 0.00642. The van der Waals surface area contributed by atoms with Crippen molar-refractivity contribution >= 4 is 7.60 Å². The molecule has 5 heteroatoms. The molecule has 0 N–H and O–H groups in total. The van der Waals surface area contributed by atoms with Crippen molar-refractivity contribution in [3.05, 3.63) is 35.9 Å². The summed E-state index contributed by atoms with van der Waals surface area (Å²) in [6, 6.07) is 9.81. The third-order valence-electron chi connectivity index (χ3n) is 2.64. The van der Waals surface area contributed by atoms with Crippen LogP contribution in [0.25, 0.3) is 0 Å². The number of benzene rings is 1. The molecule has 0 aromatic heterocycles. The molecule has 17 heavy (non-hydrogen) atoms. The minimum Gasteiger partial charge on any atom is -0.384 e. The Labute approximate surface area is 102 Å². The highest BCUT2D eigenvalue weighted by Gasteiger charge is 2.27. The van der Waals surface area contributed by atoms with Crippen molar-refractivity contribution < 1.29 is 18.3 Å². The molecule has 0 saturated carbocycles. The molecule has 1 aromatic carbocycles. The summed E-state index contributed by atoms with van der Waals surface area (Å²) in [6.07, 6.45) is 0.317. The van der Waals surface area contributed by atoms with Gasteiger partial charge in [0.1, 0.15) is 0 Å². The first-order valence-electron chi connectivity index (χ1n) is 5.39. The van der Waals surface area contributed by atoms with E-state index in [9.17, 15) is 4.57 Å². The summed E-state index contributed by atoms with van der Waals surface area (Å²) in [5.41, 5.74) is 1.07. The zero-order valence-electron chi connectivity index (χ0n) is 10.5. The van der Waals surface area contributed by atoms with Gasteiger partial charge in [-0.1, -0.05) is 30.3 Å². The quantitative estimate of drug-likeness (QED) is 0.705. The molecular formula is C12H19O4P. The van der Waals surface area contributed by atoms with Crippen molar-refractivity contribution in [2.45, 2.75) is 5.92 Å². The molecule has 0 aliphatic carbocycles. The van der Waals surface area contributed by atoms with Crippen molar-refractivity contribution in [2.75, 3.05) is 34.1 Å². The van der Waals surface area contributed by atoms with Gasteiger partial charge in [0.15, 0.2) is 0 Å². The average Bonchev–Trinajstić information content (AvgIpc) is 2.39. The fraction of sp³-hybridized carbons (Fsp3) is 0.500. The number of hydrogen-bond acceptors (Lipinski definition) is 4. The Balaban J connectivity index is 2.84. The van der Waals surface area contributed by atoms with Gasteiger partial charge in [-0.2, -0.15) is 0 Å². The van der Waals surface area contributed by atoms with Crippen LogP contribution in [0.2, 0.25) is 0 Å². The predicted octanol–water partition coefficient (Wildman–Crippen LogP) is 2.90. The van der Waals surface area contributed by atoms with Gasteiger partial charge in [-0.25, -0.2) is 0 Å². The van der Waals surface area contributed by atoms with Gasteiger partial charge in [0, 0.05) is 27.2 Å². The van der Waals surface area contributed by atoms with Crippen LogP contribution in [0.5, 0.6) is 0 Å². The zero-order valence-corrected chi connectivity index (χ0v) is 11.4. The second-order valence-corrected chi connectivity index (χ2v) is 6.04. The van der Waals surface area contributed by atoms with E-state index in [0.29, 0.717) is 12.8 Å². The molecule has 4 nitrogen and oxygen atoms in total. The maximum absolute atomic E-state index is 12.1. The Morgan fingerprint density at radius 3 is 2.18 bits per heavy atom. The van der Waals surface area contributed by atoms with Gasteiger partial charge in [-0.3, -0.25) is 4.57 Å². The van der Waals surface area contributed by atoms with Gasteiger partial charge < -0.3 is 13.8 Å². The molecule has 1 rings (SSSR count). The first-order chi connectivity index (χ1) is 8.15. The Hall–Kier alpha value is -0.670. The van der Waals surface area contributed by atoms with Gasteiger partial charge in [-0.15, -0.1) is 0 Å². The van der Waals surface area contributed by atoms with Crippen LogP contribution in [-0.2, 0) is 18.3 Å². The van der Waals surface area contributed by atoms with E-state index in [4.69, 9.17) is 13.8 Å². The molecule has 0 heterocycles. The molecule has 96 valence electrons. The standard InChI is InChI=1S/C12H19O4P/c1-14-9-12(10-17(13,15-2)16-3)11-7-5-4-6-8-11/h4-8,12H,9-10H2,1-3H3. The Bertz CT molecular complexity index is 358. The lowest BCUT2D eigenvalue weighted by atomic mass is 10.0. The second-order valence-electron chi connectivity index (χ2n) is 3.72. The number of hydrogen-bond donors (Lipinski definition) is 0. The molecule has 0 aliphatic heterocycles. The molecule has 0 bridgehead atoms. The van der Waals surface area contributed by atoms with E-state index in [0.717, 1.165) is 5.56 Å². The lowest BCUT2D eigenvalue weighted by molar-refractivity contribution is 0.180. The van der Waals surface area contributed by atoms with Gasteiger partial charge in [0.25, 0.3) is 0 Å². The third-order valence-corrected chi connectivity index (χ3v) is 4.64. The first kappa shape index (κ1) is 14.4. The molecule has 0 amide bonds. The minimum atomic E-state index is -3.01. The summed E-state index contributed by atoms with van der Waals surface area (Å²) in [4.78, 5) is 0. The lowest BCUT2D eigenvalue weighted by Crippen LogP contribution is -2.12. The van der Waals surface area contributed by atoms with E-state index in [1.807, 2.05) is 30.3 Å². The van der Waals surface area contributed by atoms with Gasteiger partial charge in [0.05, 0.1) is 12.8 Å². The number of ether oxygens (including phenoxy) is 1. The third kappa shape index (κ3) is 4.25. The molecule has 0 fully saturated rings. The molecule has 0 saturated heterocycles.